The van der Waals surface area contributed by atoms with E-state index in [-0.39, 0.29) is 17.3 Å². The topological polar surface area (TPSA) is 90.5 Å². The number of Topliss-reactive ketones (excluding diaryl/α,β-unsaturated/α-hetero) is 1. The molecule has 2 aromatic heterocycles. The maximum atomic E-state index is 12.5. The first-order valence-corrected chi connectivity index (χ1v) is 8.68. The zero-order chi connectivity index (χ0) is 20.3. The van der Waals surface area contributed by atoms with Gasteiger partial charge in [-0.05, 0) is 45.0 Å². The Kier molecular flexibility index (Phi) is 5.44. The number of rotatable bonds is 6. The molecule has 0 aliphatic heterocycles. The zero-order valence-corrected chi connectivity index (χ0v) is 15.8. The predicted molar refractivity (Wildman–Crippen MR) is 102 cm³/mol. The van der Waals surface area contributed by atoms with Gasteiger partial charge in [0.1, 0.15) is 11.3 Å². The molecule has 0 aliphatic rings. The fraction of sp³-hybridized carbons (Fsp3) is 0.190. The van der Waals surface area contributed by atoms with Gasteiger partial charge < -0.3 is 9.15 Å². The van der Waals surface area contributed by atoms with E-state index >= 15 is 0 Å². The predicted octanol–water partition coefficient (Wildman–Crippen LogP) is 3.43. The molecule has 7 nitrogen and oxygen atoms in total. The van der Waals surface area contributed by atoms with Crippen LogP contribution in [0.25, 0.3) is 0 Å². The number of hydrogen-bond donors (Lipinski definition) is 1. The number of furan rings is 1. The van der Waals surface area contributed by atoms with E-state index in [2.05, 4.69) is 5.43 Å². The number of carbonyl (C=O) groups is 3. The summed E-state index contributed by atoms with van der Waals surface area (Å²) in [4.78, 5) is 36.9. The normalized spacial score (nSPS) is 10.5. The van der Waals surface area contributed by atoms with Gasteiger partial charge in [0.05, 0.1) is 6.26 Å². The Bertz CT molecular complexity index is 1030. The number of esters is 1. The number of ketones is 1. The average molecular weight is 380 g/mol. The largest absolute Gasteiger partial charge is 0.469 e. The second-order valence-electron chi connectivity index (χ2n) is 6.32. The van der Waals surface area contributed by atoms with E-state index in [1.54, 1.807) is 55.8 Å². The molecule has 144 valence electrons. The van der Waals surface area contributed by atoms with Crippen LogP contribution in [-0.2, 0) is 4.74 Å². The van der Waals surface area contributed by atoms with Gasteiger partial charge in [-0.2, -0.15) is 0 Å². The average Bonchev–Trinajstić information content (AvgIpc) is 3.24. The quantitative estimate of drug-likeness (QED) is 0.523. The Labute approximate surface area is 161 Å². The maximum absolute atomic E-state index is 12.5. The Morgan fingerprint density at radius 1 is 1.04 bits per heavy atom. The fourth-order valence-corrected chi connectivity index (χ4v) is 2.86. The first-order valence-electron chi connectivity index (χ1n) is 8.68. The van der Waals surface area contributed by atoms with Crippen LogP contribution in [0.3, 0.4) is 0 Å². The third-order valence-corrected chi connectivity index (χ3v) is 4.39. The van der Waals surface area contributed by atoms with Crippen molar-refractivity contribution in [3.8, 4) is 0 Å². The van der Waals surface area contributed by atoms with Gasteiger partial charge in [-0.25, -0.2) is 4.79 Å². The first-order chi connectivity index (χ1) is 13.4. The fourth-order valence-electron chi connectivity index (χ4n) is 2.86. The minimum absolute atomic E-state index is 0.286. The van der Waals surface area contributed by atoms with Crippen molar-refractivity contribution in [2.75, 3.05) is 12.0 Å². The molecule has 0 saturated carbocycles. The second kappa shape index (κ2) is 7.96. The molecule has 2 heterocycles. The summed E-state index contributed by atoms with van der Waals surface area (Å²) in [5.41, 5.74) is 5.18. The van der Waals surface area contributed by atoms with Crippen molar-refractivity contribution in [2.24, 2.45) is 0 Å². The van der Waals surface area contributed by atoms with Crippen LogP contribution in [0.15, 0.2) is 53.1 Å². The molecule has 0 fully saturated rings. The number of aromatic nitrogens is 1. The van der Waals surface area contributed by atoms with Gasteiger partial charge in [-0.1, -0.05) is 18.2 Å². The molecule has 7 heteroatoms. The highest BCUT2D eigenvalue weighted by Gasteiger charge is 2.20. The van der Waals surface area contributed by atoms with Gasteiger partial charge >= 0.3 is 5.97 Å². The van der Waals surface area contributed by atoms with Crippen molar-refractivity contribution in [3.63, 3.8) is 0 Å². The second-order valence-corrected chi connectivity index (χ2v) is 6.32. The standard InChI is InChI=1S/C21H20N2O5/c1-13-11-18(19(24)12-28-21(26)17-9-10-27-15(17)3)14(2)23(13)22-20(25)16-7-5-4-6-8-16/h4-11H,12H2,1-3H3,(H,22,25). The molecule has 0 unspecified atom stereocenters. The minimum atomic E-state index is -0.620. The monoisotopic (exact) mass is 380 g/mol. The maximum Gasteiger partial charge on any atom is 0.342 e. The molecule has 1 amide bonds. The van der Waals surface area contributed by atoms with E-state index in [0.29, 0.717) is 28.3 Å². The van der Waals surface area contributed by atoms with E-state index in [9.17, 15) is 14.4 Å². The van der Waals surface area contributed by atoms with Crippen molar-refractivity contribution >= 4 is 17.7 Å². The zero-order valence-electron chi connectivity index (χ0n) is 15.8. The summed E-state index contributed by atoms with van der Waals surface area (Å²) < 4.78 is 11.7. The number of amides is 1. The van der Waals surface area contributed by atoms with Crippen molar-refractivity contribution < 1.29 is 23.5 Å². The number of ether oxygens (including phenoxy) is 1. The molecule has 1 N–H and O–H groups in total. The molecular formula is C21H20N2O5. The van der Waals surface area contributed by atoms with Gasteiger partial charge in [0, 0.05) is 22.5 Å². The summed E-state index contributed by atoms with van der Waals surface area (Å²) in [7, 11) is 0. The van der Waals surface area contributed by atoms with Crippen LogP contribution in [0, 0.1) is 20.8 Å². The molecule has 0 atom stereocenters. The van der Waals surface area contributed by atoms with Gasteiger partial charge in [-0.15, -0.1) is 0 Å². The highest BCUT2D eigenvalue weighted by molar-refractivity contribution is 6.02. The SMILES string of the molecule is Cc1occc1C(=O)OCC(=O)c1cc(C)n(NC(=O)c2ccccc2)c1C. The molecule has 3 rings (SSSR count). The summed E-state index contributed by atoms with van der Waals surface area (Å²) in [6.07, 6.45) is 1.39. The van der Waals surface area contributed by atoms with E-state index in [1.807, 2.05) is 6.07 Å². The Balaban J connectivity index is 1.70. The molecule has 0 spiro atoms. The molecule has 28 heavy (non-hydrogen) atoms. The van der Waals surface area contributed by atoms with Gasteiger partial charge in [0.2, 0.25) is 5.78 Å². The Morgan fingerprint density at radius 3 is 2.39 bits per heavy atom. The lowest BCUT2D eigenvalue weighted by atomic mass is 10.1. The van der Waals surface area contributed by atoms with E-state index in [0.717, 1.165) is 0 Å². The van der Waals surface area contributed by atoms with Crippen LogP contribution in [0.5, 0.6) is 0 Å². The summed E-state index contributed by atoms with van der Waals surface area (Å²) in [6.45, 7) is 4.73. The van der Waals surface area contributed by atoms with E-state index in [4.69, 9.17) is 9.15 Å². The van der Waals surface area contributed by atoms with Crippen molar-refractivity contribution in [1.29, 1.82) is 0 Å². The van der Waals surface area contributed by atoms with Gasteiger partial charge in [-0.3, -0.25) is 19.7 Å². The van der Waals surface area contributed by atoms with Crippen molar-refractivity contribution in [1.82, 2.24) is 4.68 Å². The third kappa shape index (κ3) is 3.88. The number of nitrogens with zero attached hydrogens (tertiary/aromatic N) is 1. The minimum Gasteiger partial charge on any atom is -0.469 e. The van der Waals surface area contributed by atoms with Crippen LogP contribution in [-0.4, -0.2) is 28.9 Å². The van der Waals surface area contributed by atoms with Gasteiger partial charge in [0.15, 0.2) is 6.61 Å². The van der Waals surface area contributed by atoms with Crippen LogP contribution < -0.4 is 5.43 Å². The summed E-state index contributed by atoms with van der Waals surface area (Å²) in [5.74, 6) is -0.837. The molecule has 3 aromatic rings. The first kappa shape index (κ1) is 19.2. The number of carbonyl (C=O) groups excluding carboxylic acids is 3. The molecule has 0 radical (unpaired) electrons. The van der Waals surface area contributed by atoms with Crippen molar-refractivity contribution in [2.45, 2.75) is 20.8 Å². The number of benzene rings is 1. The number of hydrogen-bond acceptors (Lipinski definition) is 5. The number of nitrogens with one attached hydrogen (secondary N) is 1. The highest BCUT2D eigenvalue weighted by Crippen LogP contribution is 2.16. The Morgan fingerprint density at radius 2 is 1.75 bits per heavy atom. The molecule has 1 aromatic carbocycles. The molecule has 0 bridgehead atoms. The molecule has 0 saturated heterocycles. The van der Waals surface area contributed by atoms with Crippen molar-refractivity contribution in [3.05, 3.63) is 82.6 Å². The van der Waals surface area contributed by atoms with Crippen LogP contribution in [0.1, 0.15) is 48.2 Å². The van der Waals surface area contributed by atoms with Crippen LogP contribution in [0.2, 0.25) is 0 Å². The molecule has 0 aliphatic carbocycles. The third-order valence-electron chi connectivity index (χ3n) is 4.39. The number of aryl methyl sites for hydroxylation is 2. The highest BCUT2D eigenvalue weighted by atomic mass is 16.5. The molecular weight excluding hydrogens is 360 g/mol. The summed E-state index contributed by atoms with van der Waals surface area (Å²) >= 11 is 0. The lowest BCUT2D eigenvalue weighted by Gasteiger charge is -2.11. The summed E-state index contributed by atoms with van der Waals surface area (Å²) in [6, 6.07) is 11.9. The summed E-state index contributed by atoms with van der Waals surface area (Å²) in [5, 5.41) is 0. The smallest absolute Gasteiger partial charge is 0.342 e. The lowest BCUT2D eigenvalue weighted by Crippen LogP contribution is -2.25. The van der Waals surface area contributed by atoms with E-state index in [1.165, 1.54) is 12.3 Å². The van der Waals surface area contributed by atoms with Gasteiger partial charge in [0.25, 0.3) is 5.91 Å². The van der Waals surface area contributed by atoms with E-state index < -0.39 is 12.6 Å². The van der Waals surface area contributed by atoms with Crippen LogP contribution >= 0.6 is 0 Å². The lowest BCUT2D eigenvalue weighted by molar-refractivity contribution is 0.0472. The Hall–Kier alpha value is -3.61. The van der Waals surface area contributed by atoms with Crippen LogP contribution in [0.4, 0.5) is 0 Å².